The molecule has 0 heterocycles. The van der Waals surface area contributed by atoms with Crippen LogP contribution in [0, 0.1) is 11.8 Å². The molecule has 0 radical (unpaired) electrons. The van der Waals surface area contributed by atoms with Gasteiger partial charge in [-0.15, -0.1) is 0 Å². The zero-order chi connectivity index (χ0) is 12.8. The van der Waals surface area contributed by atoms with Gasteiger partial charge in [0.05, 0.1) is 0 Å². The Bertz CT molecular complexity index is 226. The summed E-state index contributed by atoms with van der Waals surface area (Å²) in [6.07, 6.45) is 15.9. The van der Waals surface area contributed by atoms with Crippen molar-refractivity contribution in [2.24, 2.45) is 11.8 Å². The Morgan fingerprint density at radius 2 is 1.44 bits per heavy atom. The molecule has 0 spiro atoms. The van der Waals surface area contributed by atoms with Crippen LogP contribution < -0.4 is 5.32 Å². The molecule has 0 aromatic rings. The van der Waals surface area contributed by atoms with E-state index in [1.807, 2.05) is 0 Å². The van der Waals surface area contributed by atoms with E-state index >= 15 is 0 Å². The maximum atomic E-state index is 4.00. The summed E-state index contributed by atoms with van der Waals surface area (Å²) < 4.78 is 0. The third kappa shape index (κ3) is 4.57. The van der Waals surface area contributed by atoms with Crippen LogP contribution in [0.3, 0.4) is 0 Å². The first-order valence-corrected chi connectivity index (χ1v) is 8.54. The first-order valence-electron chi connectivity index (χ1n) is 8.54. The fourth-order valence-electron chi connectivity index (χ4n) is 3.94. The maximum absolute atomic E-state index is 4.00. The van der Waals surface area contributed by atoms with Crippen molar-refractivity contribution in [3.05, 3.63) is 0 Å². The summed E-state index contributed by atoms with van der Waals surface area (Å²) in [6, 6.07) is 1.66. The average Bonchev–Trinajstić information content (AvgIpc) is 2.71. The van der Waals surface area contributed by atoms with Crippen molar-refractivity contribution in [1.82, 2.24) is 5.32 Å². The molecule has 0 bridgehead atoms. The van der Waals surface area contributed by atoms with Gasteiger partial charge in [-0.25, -0.2) is 0 Å². The zero-order valence-electron chi connectivity index (χ0n) is 12.6. The SMILES string of the molecule is CCC1CCCC(NC2CCCC(C)CC2)CC1. The molecule has 2 rings (SSSR count). The highest BCUT2D eigenvalue weighted by molar-refractivity contribution is 4.80. The minimum atomic E-state index is 0.832. The van der Waals surface area contributed by atoms with E-state index in [4.69, 9.17) is 0 Å². The molecule has 0 aromatic carbocycles. The Kier molecular flexibility index (Phi) is 6.01. The molecule has 2 aliphatic rings. The van der Waals surface area contributed by atoms with E-state index < -0.39 is 0 Å². The van der Waals surface area contributed by atoms with Gasteiger partial charge < -0.3 is 5.32 Å². The number of hydrogen-bond acceptors (Lipinski definition) is 1. The van der Waals surface area contributed by atoms with Gasteiger partial charge in [0.1, 0.15) is 0 Å². The summed E-state index contributed by atoms with van der Waals surface area (Å²) in [5.41, 5.74) is 0. The van der Waals surface area contributed by atoms with Crippen LogP contribution in [-0.2, 0) is 0 Å². The van der Waals surface area contributed by atoms with Crippen molar-refractivity contribution in [2.45, 2.75) is 96.6 Å². The summed E-state index contributed by atoms with van der Waals surface area (Å²) in [5.74, 6) is 1.99. The molecule has 1 heteroatoms. The van der Waals surface area contributed by atoms with Gasteiger partial charge in [0.25, 0.3) is 0 Å². The minimum Gasteiger partial charge on any atom is -0.311 e. The summed E-state index contributed by atoms with van der Waals surface area (Å²) in [4.78, 5) is 0. The van der Waals surface area contributed by atoms with Gasteiger partial charge in [0.15, 0.2) is 0 Å². The quantitative estimate of drug-likeness (QED) is 0.703. The lowest BCUT2D eigenvalue weighted by atomic mass is 9.97. The molecule has 1 N–H and O–H groups in total. The van der Waals surface area contributed by atoms with E-state index in [2.05, 4.69) is 19.2 Å². The van der Waals surface area contributed by atoms with Gasteiger partial charge in [-0.2, -0.15) is 0 Å². The fraction of sp³-hybridized carbons (Fsp3) is 1.00. The summed E-state index contributed by atoms with van der Waals surface area (Å²) in [6.45, 7) is 4.80. The van der Waals surface area contributed by atoms with Crippen molar-refractivity contribution < 1.29 is 0 Å². The van der Waals surface area contributed by atoms with E-state index in [-0.39, 0.29) is 0 Å². The van der Waals surface area contributed by atoms with Crippen LogP contribution in [0.4, 0.5) is 0 Å². The molecular formula is C17H33N. The highest BCUT2D eigenvalue weighted by Gasteiger charge is 2.22. The van der Waals surface area contributed by atoms with Crippen LogP contribution in [0.5, 0.6) is 0 Å². The number of rotatable bonds is 3. The van der Waals surface area contributed by atoms with Crippen LogP contribution in [0.25, 0.3) is 0 Å². The maximum Gasteiger partial charge on any atom is 0.00697 e. The van der Waals surface area contributed by atoms with Gasteiger partial charge in [-0.3, -0.25) is 0 Å². The first kappa shape index (κ1) is 14.4. The summed E-state index contributed by atoms with van der Waals surface area (Å²) in [5, 5.41) is 4.00. The first-order chi connectivity index (χ1) is 8.78. The molecule has 2 fully saturated rings. The van der Waals surface area contributed by atoms with Gasteiger partial charge in [0.2, 0.25) is 0 Å². The highest BCUT2D eigenvalue weighted by atomic mass is 14.9. The predicted molar refractivity (Wildman–Crippen MR) is 79.8 cm³/mol. The molecule has 4 unspecified atom stereocenters. The fourth-order valence-corrected chi connectivity index (χ4v) is 3.94. The van der Waals surface area contributed by atoms with E-state index in [1.54, 1.807) is 0 Å². The van der Waals surface area contributed by atoms with Crippen LogP contribution in [0.2, 0.25) is 0 Å². The minimum absolute atomic E-state index is 0.832. The van der Waals surface area contributed by atoms with Gasteiger partial charge in [0, 0.05) is 12.1 Å². The molecular weight excluding hydrogens is 218 g/mol. The van der Waals surface area contributed by atoms with Gasteiger partial charge in [-0.05, 0) is 50.4 Å². The molecule has 0 saturated heterocycles. The number of nitrogens with one attached hydrogen (secondary N) is 1. The normalized spacial score (nSPS) is 39.0. The largest absolute Gasteiger partial charge is 0.311 e. The van der Waals surface area contributed by atoms with Crippen LogP contribution in [0.1, 0.15) is 84.5 Å². The van der Waals surface area contributed by atoms with Gasteiger partial charge in [-0.1, -0.05) is 46.0 Å². The smallest absolute Gasteiger partial charge is 0.00697 e. The van der Waals surface area contributed by atoms with E-state index in [0.29, 0.717) is 0 Å². The highest BCUT2D eigenvalue weighted by Crippen LogP contribution is 2.28. The van der Waals surface area contributed by atoms with E-state index in [1.165, 1.54) is 70.6 Å². The second-order valence-electron chi connectivity index (χ2n) is 6.96. The monoisotopic (exact) mass is 251 g/mol. The second kappa shape index (κ2) is 7.53. The van der Waals surface area contributed by atoms with Crippen molar-refractivity contribution >= 4 is 0 Å². The Balaban J connectivity index is 1.74. The lowest BCUT2D eigenvalue weighted by Crippen LogP contribution is -2.37. The van der Waals surface area contributed by atoms with Crippen LogP contribution in [-0.4, -0.2) is 12.1 Å². The molecule has 4 atom stereocenters. The third-order valence-electron chi connectivity index (χ3n) is 5.39. The standard InChI is InChI=1S/C17H33N/c1-3-15-7-5-9-17(13-11-15)18-16-8-4-6-14(2)10-12-16/h14-18H,3-13H2,1-2H3. The van der Waals surface area contributed by atoms with Gasteiger partial charge >= 0.3 is 0 Å². The van der Waals surface area contributed by atoms with Crippen LogP contribution in [0.15, 0.2) is 0 Å². The molecule has 0 aromatic heterocycles. The molecule has 2 aliphatic carbocycles. The molecule has 0 amide bonds. The summed E-state index contributed by atoms with van der Waals surface area (Å²) >= 11 is 0. The Morgan fingerprint density at radius 3 is 2.17 bits per heavy atom. The van der Waals surface area contributed by atoms with Crippen LogP contribution >= 0.6 is 0 Å². The van der Waals surface area contributed by atoms with E-state index in [0.717, 1.165) is 23.9 Å². The zero-order valence-corrected chi connectivity index (χ0v) is 12.6. The third-order valence-corrected chi connectivity index (χ3v) is 5.39. The predicted octanol–water partition coefficient (Wildman–Crippen LogP) is 4.90. The van der Waals surface area contributed by atoms with Crippen molar-refractivity contribution in [2.75, 3.05) is 0 Å². The molecule has 18 heavy (non-hydrogen) atoms. The Morgan fingerprint density at radius 1 is 0.778 bits per heavy atom. The Hall–Kier alpha value is -0.0400. The van der Waals surface area contributed by atoms with Crippen molar-refractivity contribution in [3.63, 3.8) is 0 Å². The van der Waals surface area contributed by atoms with Crippen molar-refractivity contribution in [1.29, 1.82) is 0 Å². The lowest BCUT2D eigenvalue weighted by molar-refractivity contribution is 0.358. The molecule has 106 valence electrons. The van der Waals surface area contributed by atoms with E-state index in [9.17, 15) is 0 Å². The molecule has 1 nitrogen and oxygen atoms in total. The molecule has 2 saturated carbocycles. The topological polar surface area (TPSA) is 12.0 Å². The summed E-state index contributed by atoms with van der Waals surface area (Å²) in [7, 11) is 0. The van der Waals surface area contributed by atoms with Crippen molar-refractivity contribution in [3.8, 4) is 0 Å². The number of hydrogen-bond donors (Lipinski definition) is 1. The lowest BCUT2D eigenvalue weighted by Gasteiger charge is -2.24. The Labute approximate surface area is 114 Å². The average molecular weight is 251 g/mol. The molecule has 0 aliphatic heterocycles. The second-order valence-corrected chi connectivity index (χ2v) is 6.96.